The van der Waals surface area contributed by atoms with E-state index in [9.17, 15) is 0 Å². The predicted molar refractivity (Wildman–Crippen MR) is 151 cm³/mol. The quantitative estimate of drug-likeness (QED) is 0.274. The summed E-state index contributed by atoms with van der Waals surface area (Å²) >= 11 is 0. The zero-order chi connectivity index (χ0) is 23.6. The van der Waals surface area contributed by atoms with Gasteiger partial charge >= 0.3 is 0 Å². The summed E-state index contributed by atoms with van der Waals surface area (Å²) in [4.78, 5) is 3.64. The lowest BCUT2D eigenvalue weighted by Gasteiger charge is -2.08. The summed E-state index contributed by atoms with van der Waals surface area (Å²) in [5.41, 5.74) is 8.88. The van der Waals surface area contributed by atoms with E-state index >= 15 is 0 Å². The van der Waals surface area contributed by atoms with E-state index in [-0.39, 0.29) is 0 Å². The van der Waals surface area contributed by atoms with Gasteiger partial charge in [-0.1, -0.05) is 97.1 Å². The van der Waals surface area contributed by atoms with Crippen molar-refractivity contribution in [2.24, 2.45) is 0 Å². The van der Waals surface area contributed by atoms with Gasteiger partial charge in [0, 0.05) is 21.7 Å². The maximum absolute atomic E-state index is 6.70. The number of fused-ring (bicyclic) bond motifs is 9. The number of aromatic amines is 1. The molecule has 0 aliphatic heterocycles. The van der Waals surface area contributed by atoms with Gasteiger partial charge in [0.05, 0.1) is 10.9 Å². The number of aromatic nitrogens is 1. The Morgan fingerprint density at radius 1 is 0.444 bits per heavy atom. The summed E-state index contributed by atoms with van der Waals surface area (Å²) in [7, 11) is 0. The van der Waals surface area contributed by atoms with E-state index in [1.165, 1.54) is 43.8 Å². The number of nitrogens with one attached hydrogen (secondary N) is 1. The van der Waals surface area contributed by atoms with Crippen LogP contribution in [0.15, 0.2) is 126 Å². The normalized spacial score (nSPS) is 11.9. The van der Waals surface area contributed by atoms with Crippen LogP contribution in [0.25, 0.3) is 76.8 Å². The first-order valence-electron chi connectivity index (χ1n) is 12.3. The summed E-state index contributed by atoms with van der Waals surface area (Å²) in [6.07, 6.45) is 0. The van der Waals surface area contributed by atoms with E-state index < -0.39 is 0 Å². The molecule has 0 fully saturated rings. The van der Waals surface area contributed by atoms with Gasteiger partial charge in [-0.3, -0.25) is 0 Å². The summed E-state index contributed by atoms with van der Waals surface area (Å²) in [5.74, 6) is 0. The van der Waals surface area contributed by atoms with Crippen LogP contribution in [0.1, 0.15) is 0 Å². The molecule has 2 nitrogen and oxygen atoms in total. The average molecular weight is 460 g/mol. The molecule has 2 aromatic heterocycles. The van der Waals surface area contributed by atoms with Crippen molar-refractivity contribution in [3.8, 4) is 22.3 Å². The molecule has 0 unspecified atom stereocenters. The van der Waals surface area contributed by atoms with Crippen molar-refractivity contribution < 1.29 is 4.42 Å². The van der Waals surface area contributed by atoms with Crippen molar-refractivity contribution in [3.05, 3.63) is 121 Å². The highest BCUT2D eigenvalue weighted by atomic mass is 16.3. The molecular weight excluding hydrogens is 438 g/mol. The Morgan fingerprint density at radius 3 is 1.94 bits per heavy atom. The Hall–Kier alpha value is -4.82. The van der Waals surface area contributed by atoms with Crippen molar-refractivity contribution in [3.63, 3.8) is 0 Å². The lowest BCUT2D eigenvalue weighted by Crippen LogP contribution is -1.82. The molecule has 0 atom stereocenters. The molecule has 1 N–H and O–H groups in total. The Balaban J connectivity index is 1.46. The Labute approximate surface area is 207 Å². The molecule has 0 bridgehead atoms. The van der Waals surface area contributed by atoms with Crippen molar-refractivity contribution >= 4 is 54.5 Å². The van der Waals surface area contributed by atoms with Crippen molar-refractivity contribution in [2.75, 3.05) is 0 Å². The molecule has 168 valence electrons. The summed E-state index contributed by atoms with van der Waals surface area (Å²) in [6, 6.07) is 43.0. The first kappa shape index (κ1) is 19.5. The van der Waals surface area contributed by atoms with Gasteiger partial charge in [0.2, 0.25) is 0 Å². The van der Waals surface area contributed by atoms with E-state index in [2.05, 4.69) is 126 Å². The number of hydrogen-bond donors (Lipinski definition) is 1. The molecule has 0 aliphatic rings. The van der Waals surface area contributed by atoms with E-state index in [0.717, 1.165) is 33.0 Å². The summed E-state index contributed by atoms with van der Waals surface area (Å²) in [6.45, 7) is 0. The number of hydrogen-bond acceptors (Lipinski definition) is 1. The third kappa shape index (κ3) is 2.73. The van der Waals surface area contributed by atoms with Crippen LogP contribution >= 0.6 is 0 Å². The third-order valence-corrected chi connectivity index (χ3v) is 7.40. The molecule has 36 heavy (non-hydrogen) atoms. The molecule has 6 aromatic carbocycles. The van der Waals surface area contributed by atoms with Crippen LogP contribution < -0.4 is 0 Å². The Kier molecular flexibility index (Phi) is 3.97. The van der Waals surface area contributed by atoms with Crippen LogP contribution in [0.5, 0.6) is 0 Å². The molecular formula is C34H21NO. The molecule has 0 radical (unpaired) electrons. The topological polar surface area (TPSA) is 28.9 Å². The second-order valence-corrected chi connectivity index (χ2v) is 9.43. The maximum atomic E-state index is 6.70. The Morgan fingerprint density at radius 2 is 1.14 bits per heavy atom. The lowest BCUT2D eigenvalue weighted by molar-refractivity contribution is 0.673. The number of H-pyrrole nitrogens is 1. The second-order valence-electron chi connectivity index (χ2n) is 9.43. The van der Waals surface area contributed by atoms with Crippen LogP contribution in [0, 0.1) is 0 Å². The van der Waals surface area contributed by atoms with Crippen LogP contribution in [0.2, 0.25) is 0 Å². The second kappa shape index (κ2) is 7.34. The molecule has 0 spiro atoms. The number of benzene rings is 6. The molecule has 0 amide bonds. The SMILES string of the molecule is c1ccc(-c2ccc3c(c2)[nH]c2ccc4c(oc5cc(-c6ccccc6)c6ccccc6c54)c23)cc1. The predicted octanol–water partition coefficient (Wildman–Crippen LogP) is 9.71. The fourth-order valence-corrected chi connectivity index (χ4v) is 5.75. The maximum Gasteiger partial charge on any atom is 0.145 e. The highest BCUT2D eigenvalue weighted by Crippen LogP contribution is 2.43. The fourth-order valence-electron chi connectivity index (χ4n) is 5.75. The smallest absolute Gasteiger partial charge is 0.145 e. The monoisotopic (exact) mass is 459 g/mol. The first-order chi connectivity index (χ1) is 17.8. The van der Waals surface area contributed by atoms with Gasteiger partial charge in [0.15, 0.2) is 0 Å². The third-order valence-electron chi connectivity index (χ3n) is 7.40. The average Bonchev–Trinajstić information content (AvgIpc) is 3.51. The molecule has 0 saturated carbocycles. The standard InChI is InChI=1S/C34H21NO/c1-3-9-21(10-4-1)23-15-16-26-30(19-23)35-29-18-17-27-32-25-14-8-7-13-24(25)28(22-11-5-2-6-12-22)20-31(32)36-34(27)33(26)29/h1-20,35H. The minimum atomic E-state index is 0.922. The van der Waals surface area contributed by atoms with Gasteiger partial charge in [0.1, 0.15) is 11.2 Å². The van der Waals surface area contributed by atoms with Crippen LogP contribution in [0.3, 0.4) is 0 Å². The van der Waals surface area contributed by atoms with Crippen LogP contribution in [-0.4, -0.2) is 4.98 Å². The van der Waals surface area contributed by atoms with Gasteiger partial charge < -0.3 is 9.40 Å². The van der Waals surface area contributed by atoms with E-state index in [1.54, 1.807) is 0 Å². The zero-order valence-corrected chi connectivity index (χ0v) is 19.5. The highest BCUT2D eigenvalue weighted by molar-refractivity contribution is 6.28. The molecule has 8 aromatic rings. The van der Waals surface area contributed by atoms with Gasteiger partial charge in [0.25, 0.3) is 0 Å². The van der Waals surface area contributed by atoms with Gasteiger partial charge in [-0.05, 0) is 57.3 Å². The zero-order valence-electron chi connectivity index (χ0n) is 19.5. The van der Waals surface area contributed by atoms with Gasteiger partial charge in [-0.25, -0.2) is 0 Å². The molecule has 0 saturated heterocycles. The number of furan rings is 1. The van der Waals surface area contributed by atoms with E-state index in [4.69, 9.17) is 4.42 Å². The number of rotatable bonds is 2. The Bertz CT molecular complexity index is 2080. The van der Waals surface area contributed by atoms with Gasteiger partial charge in [-0.15, -0.1) is 0 Å². The van der Waals surface area contributed by atoms with E-state index in [0.29, 0.717) is 0 Å². The summed E-state index contributed by atoms with van der Waals surface area (Å²) in [5, 5.41) is 7.12. The summed E-state index contributed by atoms with van der Waals surface area (Å²) < 4.78 is 6.70. The fraction of sp³-hybridized carbons (Fsp3) is 0. The van der Waals surface area contributed by atoms with Crippen molar-refractivity contribution in [2.45, 2.75) is 0 Å². The molecule has 2 heteroatoms. The van der Waals surface area contributed by atoms with Crippen LogP contribution in [-0.2, 0) is 0 Å². The lowest BCUT2D eigenvalue weighted by atomic mass is 9.95. The minimum absolute atomic E-state index is 0.922. The highest BCUT2D eigenvalue weighted by Gasteiger charge is 2.18. The van der Waals surface area contributed by atoms with Gasteiger partial charge in [-0.2, -0.15) is 0 Å². The molecule has 8 rings (SSSR count). The molecule has 2 heterocycles. The van der Waals surface area contributed by atoms with Crippen molar-refractivity contribution in [1.29, 1.82) is 0 Å². The van der Waals surface area contributed by atoms with Crippen molar-refractivity contribution in [1.82, 2.24) is 4.98 Å². The van der Waals surface area contributed by atoms with E-state index in [1.807, 2.05) is 0 Å². The first-order valence-corrected chi connectivity index (χ1v) is 12.3. The largest absolute Gasteiger partial charge is 0.455 e. The molecule has 0 aliphatic carbocycles. The minimum Gasteiger partial charge on any atom is -0.455 e. The van der Waals surface area contributed by atoms with Crippen LogP contribution in [0.4, 0.5) is 0 Å².